The zero-order valence-corrected chi connectivity index (χ0v) is 17.9. The van der Waals surface area contributed by atoms with Crippen LogP contribution in [0.5, 0.6) is 0 Å². The molecule has 0 aliphatic carbocycles. The predicted octanol–water partition coefficient (Wildman–Crippen LogP) is 6.35. The summed E-state index contributed by atoms with van der Waals surface area (Å²) in [6.07, 6.45) is 22.0. The number of carbonyl (C=O) groups excluding carboxylic acids is 1. The molecule has 0 heterocycles. The van der Waals surface area contributed by atoms with Gasteiger partial charge in [-0.1, -0.05) is 77.4 Å². The van der Waals surface area contributed by atoms with Gasteiger partial charge in [0.2, 0.25) is 5.91 Å². The van der Waals surface area contributed by atoms with E-state index in [1.807, 2.05) is 6.92 Å². The minimum atomic E-state index is -0.929. The number of amides is 1. The minimum absolute atomic E-state index is 0.0168. The highest BCUT2D eigenvalue weighted by Crippen LogP contribution is 2.10. The second kappa shape index (κ2) is 19.4. The van der Waals surface area contributed by atoms with Crippen molar-refractivity contribution in [3.8, 4) is 0 Å². The Labute approximate surface area is 167 Å². The van der Waals surface area contributed by atoms with Gasteiger partial charge in [-0.3, -0.25) is 9.59 Å². The molecule has 0 unspecified atom stereocenters. The zero-order valence-electron chi connectivity index (χ0n) is 17.9. The summed E-state index contributed by atoms with van der Waals surface area (Å²) < 4.78 is 0. The van der Waals surface area contributed by atoms with Gasteiger partial charge in [0.05, 0.1) is 0 Å². The molecule has 0 fully saturated rings. The number of aliphatic carboxylic acids is 1. The van der Waals surface area contributed by atoms with E-state index in [-0.39, 0.29) is 12.5 Å². The second-order valence-electron chi connectivity index (χ2n) is 7.54. The maximum Gasteiger partial charge on any atom is 0.323 e. The molecule has 0 bridgehead atoms. The first-order valence-corrected chi connectivity index (χ1v) is 11.3. The van der Waals surface area contributed by atoms with Gasteiger partial charge in [0.15, 0.2) is 0 Å². The largest absolute Gasteiger partial charge is 0.480 e. The molecule has 0 aromatic rings. The Kier molecular flexibility index (Phi) is 18.5. The van der Waals surface area contributed by atoms with Crippen LogP contribution >= 0.6 is 0 Å². The second-order valence-corrected chi connectivity index (χ2v) is 7.54. The van der Waals surface area contributed by atoms with Crippen LogP contribution in [0.4, 0.5) is 0 Å². The Balaban J connectivity index is 3.49. The van der Waals surface area contributed by atoms with E-state index in [4.69, 9.17) is 5.11 Å². The van der Waals surface area contributed by atoms with Crippen molar-refractivity contribution in [3.05, 3.63) is 12.2 Å². The third-order valence-corrected chi connectivity index (χ3v) is 4.82. The molecule has 4 heteroatoms. The molecule has 0 saturated heterocycles. The SMILES string of the molecule is CCCCCCCC/C=C/CCCCCCCC(=O)N(CCC)CC(=O)O. The zero-order chi connectivity index (χ0) is 20.2. The quantitative estimate of drug-likeness (QED) is 0.209. The highest BCUT2D eigenvalue weighted by Gasteiger charge is 2.14. The highest BCUT2D eigenvalue weighted by atomic mass is 16.4. The number of rotatable bonds is 19. The summed E-state index contributed by atoms with van der Waals surface area (Å²) in [7, 11) is 0. The number of allylic oxidation sites excluding steroid dienone is 2. The van der Waals surface area contributed by atoms with Crippen molar-refractivity contribution in [2.75, 3.05) is 13.1 Å². The summed E-state index contributed by atoms with van der Waals surface area (Å²) in [5.41, 5.74) is 0. The van der Waals surface area contributed by atoms with Gasteiger partial charge < -0.3 is 10.0 Å². The fourth-order valence-electron chi connectivity index (χ4n) is 3.23. The first-order chi connectivity index (χ1) is 13.1. The van der Waals surface area contributed by atoms with E-state index in [0.717, 1.165) is 32.1 Å². The van der Waals surface area contributed by atoms with Gasteiger partial charge in [0, 0.05) is 13.0 Å². The molecule has 1 N–H and O–H groups in total. The van der Waals surface area contributed by atoms with Crippen LogP contribution in [0.25, 0.3) is 0 Å². The van der Waals surface area contributed by atoms with E-state index in [0.29, 0.717) is 13.0 Å². The maximum atomic E-state index is 12.1. The summed E-state index contributed by atoms with van der Waals surface area (Å²) in [5.74, 6) is -0.946. The fraction of sp³-hybridized carbons (Fsp3) is 0.826. The van der Waals surface area contributed by atoms with Crippen molar-refractivity contribution >= 4 is 11.9 Å². The number of hydrogen-bond acceptors (Lipinski definition) is 2. The standard InChI is InChI=1S/C23H43NO3/c1-3-5-6-7-8-9-10-11-12-13-14-15-16-17-18-19-22(25)24(20-4-2)21-23(26)27/h11-12H,3-10,13-21H2,1-2H3,(H,26,27)/b12-11+. The lowest BCUT2D eigenvalue weighted by molar-refractivity contribution is -0.144. The van der Waals surface area contributed by atoms with Crippen LogP contribution in [0.2, 0.25) is 0 Å². The van der Waals surface area contributed by atoms with Gasteiger partial charge in [-0.05, 0) is 38.5 Å². The molecule has 0 aromatic carbocycles. The van der Waals surface area contributed by atoms with Crippen molar-refractivity contribution < 1.29 is 14.7 Å². The van der Waals surface area contributed by atoms with E-state index >= 15 is 0 Å². The number of carboxylic acid groups (broad SMARTS) is 1. The maximum absolute atomic E-state index is 12.1. The van der Waals surface area contributed by atoms with Crippen molar-refractivity contribution in [1.82, 2.24) is 4.90 Å². The van der Waals surface area contributed by atoms with Gasteiger partial charge in [0.25, 0.3) is 0 Å². The molecule has 0 saturated carbocycles. The summed E-state index contributed by atoms with van der Waals surface area (Å²) in [6.45, 7) is 4.59. The molecule has 0 rings (SSSR count). The first-order valence-electron chi connectivity index (χ1n) is 11.3. The minimum Gasteiger partial charge on any atom is -0.480 e. The average molecular weight is 382 g/mol. The van der Waals surface area contributed by atoms with Gasteiger partial charge in [-0.25, -0.2) is 0 Å². The average Bonchev–Trinajstić information content (AvgIpc) is 2.64. The van der Waals surface area contributed by atoms with Crippen molar-refractivity contribution in [2.45, 2.75) is 110 Å². The Bertz CT molecular complexity index is 393. The molecule has 27 heavy (non-hydrogen) atoms. The molecule has 0 aliphatic heterocycles. The van der Waals surface area contributed by atoms with E-state index in [2.05, 4.69) is 19.1 Å². The van der Waals surface area contributed by atoms with Crippen LogP contribution in [0, 0.1) is 0 Å². The normalized spacial score (nSPS) is 11.2. The summed E-state index contributed by atoms with van der Waals surface area (Å²) in [6, 6.07) is 0. The molecular formula is C23H43NO3. The van der Waals surface area contributed by atoms with Gasteiger partial charge >= 0.3 is 5.97 Å². The van der Waals surface area contributed by atoms with E-state index in [1.165, 1.54) is 62.7 Å². The van der Waals surface area contributed by atoms with Gasteiger partial charge in [0.1, 0.15) is 6.54 Å². The van der Waals surface area contributed by atoms with Crippen LogP contribution in [0.15, 0.2) is 12.2 Å². The van der Waals surface area contributed by atoms with Crippen LogP contribution in [0.1, 0.15) is 110 Å². The van der Waals surface area contributed by atoms with Crippen molar-refractivity contribution in [2.24, 2.45) is 0 Å². The molecule has 4 nitrogen and oxygen atoms in total. The monoisotopic (exact) mass is 381 g/mol. The first kappa shape index (κ1) is 25.7. The lowest BCUT2D eigenvalue weighted by Gasteiger charge is -2.19. The van der Waals surface area contributed by atoms with Crippen molar-refractivity contribution in [1.29, 1.82) is 0 Å². The topological polar surface area (TPSA) is 57.6 Å². The van der Waals surface area contributed by atoms with E-state index < -0.39 is 5.97 Å². The Morgan fingerprint density at radius 1 is 0.741 bits per heavy atom. The number of carboxylic acids is 1. The molecule has 0 aliphatic rings. The molecule has 0 aromatic heterocycles. The van der Waals surface area contributed by atoms with Crippen LogP contribution in [-0.4, -0.2) is 35.0 Å². The molecule has 0 atom stereocenters. The third-order valence-electron chi connectivity index (χ3n) is 4.82. The Morgan fingerprint density at radius 2 is 1.26 bits per heavy atom. The Hall–Kier alpha value is -1.32. The summed E-state index contributed by atoms with van der Waals surface area (Å²) in [5, 5.41) is 8.86. The van der Waals surface area contributed by atoms with Crippen LogP contribution in [-0.2, 0) is 9.59 Å². The number of nitrogens with zero attached hydrogens (tertiary/aromatic N) is 1. The molecular weight excluding hydrogens is 338 g/mol. The number of hydrogen-bond donors (Lipinski definition) is 1. The van der Waals surface area contributed by atoms with E-state index in [9.17, 15) is 9.59 Å². The molecule has 0 radical (unpaired) electrons. The van der Waals surface area contributed by atoms with Crippen LogP contribution < -0.4 is 0 Å². The van der Waals surface area contributed by atoms with E-state index in [1.54, 1.807) is 0 Å². The third kappa shape index (κ3) is 17.8. The lowest BCUT2D eigenvalue weighted by Crippen LogP contribution is -2.36. The number of unbranched alkanes of at least 4 members (excludes halogenated alkanes) is 11. The van der Waals surface area contributed by atoms with Crippen LogP contribution in [0.3, 0.4) is 0 Å². The fourth-order valence-corrected chi connectivity index (χ4v) is 3.23. The summed E-state index contributed by atoms with van der Waals surface area (Å²) in [4.78, 5) is 24.3. The van der Waals surface area contributed by atoms with Gasteiger partial charge in [-0.2, -0.15) is 0 Å². The molecule has 1 amide bonds. The Morgan fingerprint density at radius 3 is 1.78 bits per heavy atom. The lowest BCUT2D eigenvalue weighted by atomic mass is 10.1. The molecule has 158 valence electrons. The predicted molar refractivity (Wildman–Crippen MR) is 114 cm³/mol. The van der Waals surface area contributed by atoms with Gasteiger partial charge in [-0.15, -0.1) is 0 Å². The number of carbonyl (C=O) groups is 2. The smallest absolute Gasteiger partial charge is 0.323 e. The molecule has 0 spiro atoms. The van der Waals surface area contributed by atoms with Crippen molar-refractivity contribution in [3.63, 3.8) is 0 Å². The highest BCUT2D eigenvalue weighted by molar-refractivity contribution is 5.81. The summed E-state index contributed by atoms with van der Waals surface area (Å²) >= 11 is 0.